The zero-order valence-corrected chi connectivity index (χ0v) is 17.8. The largest absolute Gasteiger partial charge is 0.339 e. The van der Waals surface area contributed by atoms with Gasteiger partial charge in [-0.3, -0.25) is 13.9 Å². The van der Waals surface area contributed by atoms with Gasteiger partial charge in [0.25, 0.3) is 5.56 Å². The molecule has 1 aromatic carbocycles. The summed E-state index contributed by atoms with van der Waals surface area (Å²) >= 11 is 0. The first-order chi connectivity index (χ1) is 14.5. The number of rotatable bonds is 3. The van der Waals surface area contributed by atoms with Gasteiger partial charge in [-0.05, 0) is 24.3 Å². The maximum atomic E-state index is 13.5. The Hall–Kier alpha value is -2.83. The Morgan fingerprint density at radius 3 is 2.50 bits per heavy atom. The lowest BCUT2D eigenvalue weighted by molar-refractivity contribution is 0.354. The zero-order chi connectivity index (χ0) is 20.8. The average molecular weight is 408 g/mol. The van der Waals surface area contributed by atoms with E-state index in [1.54, 1.807) is 7.05 Å². The van der Waals surface area contributed by atoms with Crippen molar-refractivity contribution in [2.45, 2.75) is 58.2 Å². The van der Waals surface area contributed by atoms with Gasteiger partial charge >= 0.3 is 5.69 Å². The van der Waals surface area contributed by atoms with Crippen molar-refractivity contribution in [2.75, 3.05) is 11.4 Å². The number of benzene rings is 1. The minimum absolute atomic E-state index is 0.242. The number of hydrogen-bond donors (Lipinski definition) is 0. The Labute approximate surface area is 175 Å². The quantitative estimate of drug-likeness (QED) is 0.670. The van der Waals surface area contributed by atoms with Crippen LogP contribution in [0.1, 0.15) is 44.6 Å². The van der Waals surface area contributed by atoms with Crippen LogP contribution in [0.25, 0.3) is 11.2 Å². The zero-order valence-electron chi connectivity index (χ0n) is 17.8. The molecule has 1 aliphatic heterocycles. The van der Waals surface area contributed by atoms with E-state index < -0.39 is 0 Å². The Kier molecular flexibility index (Phi) is 4.76. The second-order valence-corrected chi connectivity index (χ2v) is 8.96. The van der Waals surface area contributed by atoms with Gasteiger partial charge in [-0.1, -0.05) is 56.5 Å². The first-order valence-electron chi connectivity index (χ1n) is 11.0. The Morgan fingerprint density at radius 1 is 1.03 bits per heavy atom. The van der Waals surface area contributed by atoms with Gasteiger partial charge in [0, 0.05) is 26.2 Å². The molecule has 1 atom stereocenters. The number of anilines is 1. The third-order valence-corrected chi connectivity index (χ3v) is 6.67. The number of nitrogens with zero attached hydrogens (tertiary/aromatic N) is 5. The van der Waals surface area contributed by atoms with E-state index in [2.05, 4.69) is 16.4 Å². The number of hydrogen-bond acceptors (Lipinski definition) is 4. The first kappa shape index (κ1) is 19.2. The van der Waals surface area contributed by atoms with Gasteiger partial charge in [0.15, 0.2) is 11.2 Å². The van der Waals surface area contributed by atoms with Crippen LogP contribution < -0.4 is 16.1 Å². The van der Waals surface area contributed by atoms with Crippen LogP contribution in [0.2, 0.25) is 0 Å². The van der Waals surface area contributed by atoms with Crippen LogP contribution >= 0.6 is 0 Å². The molecule has 0 N–H and O–H groups in total. The van der Waals surface area contributed by atoms with E-state index in [0.717, 1.165) is 24.6 Å². The third kappa shape index (κ3) is 3.07. The molecule has 0 saturated heterocycles. The molecule has 1 saturated carbocycles. The standard InChI is InChI=1S/C23H29N5O2/c1-16-13-26(18-11-7-4-8-12-18)22-24-20-19(27(22)14-16)21(29)28(23(30)25(20)2)15-17-9-5-3-6-10-17/h3,5-6,9-10,16,18H,4,7-8,11-15H2,1-2H3/t16-/m1/s1. The van der Waals surface area contributed by atoms with Gasteiger partial charge in [-0.2, -0.15) is 4.98 Å². The molecule has 7 nitrogen and oxygen atoms in total. The highest BCUT2D eigenvalue weighted by molar-refractivity contribution is 5.75. The lowest BCUT2D eigenvalue weighted by Crippen LogP contribution is -2.45. The number of fused-ring (bicyclic) bond motifs is 3. The molecule has 0 unspecified atom stereocenters. The van der Waals surface area contributed by atoms with Gasteiger partial charge in [0.2, 0.25) is 5.95 Å². The van der Waals surface area contributed by atoms with Gasteiger partial charge in [0.1, 0.15) is 0 Å². The van der Waals surface area contributed by atoms with E-state index in [9.17, 15) is 9.59 Å². The molecule has 0 bridgehead atoms. The molecule has 0 spiro atoms. The van der Waals surface area contributed by atoms with E-state index in [0.29, 0.717) is 23.1 Å². The molecule has 3 aromatic rings. The van der Waals surface area contributed by atoms with E-state index in [4.69, 9.17) is 4.98 Å². The number of aromatic nitrogens is 4. The number of aryl methyl sites for hydroxylation is 1. The smallest absolute Gasteiger partial charge is 0.332 e. The maximum Gasteiger partial charge on any atom is 0.332 e. The molecule has 1 aliphatic carbocycles. The van der Waals surface area contributed by atoms with Crippen LogP contribution in [-0.2, 0) is 20.1 Å². The Bertz CT molecular complexity index is 1180. The molecule has 5 rings (SSSR count). The van der Waals surface area contributed by atoms with Crippen molar-refractivity contribution in [1.82, 2.24) is 18.7 Å². The first-order valence-corrected chi connectivity index (χ1v) is 11.0. The van der Waals surface area contributed by atoms with Crippen LogP contribution in [0.4, 0.5) is 5.95 Å². The van der Waals surface area contributed by atoms with E-state index in [1.807, 2.05) is 30.3 Å². The third-order valence-electron chi connectivity index (χ3n) is 6.67. The monoisotopic (exact) mass is 407 g/mol. The average Bonchev–Trinajstić information content (AvgIpc) is 3.15. The van der Waals surface area contributed by atoms with Crippen molar-refractivity contribution in [3.8, 4) is 0 Å². The molecule has 3 heterocycles. The maximum absolute atomic E-state index is 13.5. The summed E-state index contributed by atoms with van der Waals surface area (Å²) in [7, 11) is 1.72. The Morgan fingerprint density at radius 2 is 1.77 bits per heavy atom. The minimum Gasteiger partial charge on any atom is -0.339 e. The second kappa shape index (κ2) is 7.45. The Balaban J connectivity index is 1.68. The summed E-state index contributed by atoms with van der Waals surface area (Å²) in [5.74, 6) is 1.29. The normalized spacial score (nSPS) is 19.9. The van der Waals surface area contributed by atoms with Gasteiger partial charge in [-0.25, -0.2) is 4.79 Å². The van der Waals surface area contributed by atoms with Crippen molar-refractivity contribution in [3.63, 3.8) is 0 Å². The summed E-state index contributed by atoms with van der Waals surface area (Å²) in [6.07, 6.45) is 6.14. The van der Waals surface area contributed by atoms with E-state index in [-0.39, 0.29) is 17.8 Å². The minimum atomic E-state index is -0.316. The molecular weight excluding hydrogens is 378 g/mol. The lowest BCUT2D eigenvalue weighted by atomic mass is 9.93. The van der Waals surface area contributed by atoms with Crippen LogP contribution in [0.3, 0.4) is 0 Å². The van der Waals surface area contributed by atoms with Gasteiger partial charge in [0.05, 0.1) is 6.54 Å². The fraction of sp³-hybridized carbons (Fsp3) is 0.522. The molecule has 7 heteroatoms. The molecule has 1 fully saturated rings. The van der Waals surface area contributed by atoms with E-state index in [1.165, 1.54) is 41.2 Å². The van der Waals surface area contributed by atoms with Gasteiger partial charge in [-0.15, -0.1) is 0 Å². The lowest BCUT2D eigenvalue weighted by Gasteiger charge is -2.40. The molecule has 158 valence electrons. The highest BCUT2D eigenvalue weighted by Gasteiger charge is 2.33. The second-order valence-electron chi connectivity index (χ2n) is 8.96. The highest BCUT2D eigenvalue weighted by Crippen LogP contribution is 2.32. The van der Waals surface area contributed by atoms with Crippen molar-refractivity contribution >= 4 is 17.1 Å². The van der Waals surface area contributed by atoms with Crippen molar-refractivity contribution in [2.24, 2.45) is 13.0 Å². The highest BCUT2D eigenvalue weighted by atomic mass is 16.2. The fourth-order valence-corrected chi connectivity index (χ4v) is 5.15. The summed E-state index contributed by atoms with van der Waals surface area (Å²) in [6, 6.07) is 10.1. The fourth-order valence-electron chi connectivity index (χ4n) is 5.15. The predicted octanol–water partition coefficient (Wildman–Crippen LogP) is 2.73. The van der Waals surface area contributed by atoms with Gasteiger partial charge < -0.3 is 9.47 Å². The van der Waals surface area contributed by atoms with Crippen molar-refractivity contribution in [3.05, 3.63) is 56.7 Å². The summed E-state index contributed by atoms with van der Waals surface area (Å²) < 4.78 is 4.95. The van der Waals surface area contributed by atoms with Crippen LogP contribution in [0.15, 0.2) is 39.9 Å². The summed E-state index contributed by atoms with van der Waals surface area (Å²) in [5.41, 5.74) is 1.43. The van der Waals surface area contributed by atoms with Crippen molar-refractivity contribution in [1.29, 1.82) is 0 Å². The predicted molar refractivity (Wildman–Crippen MR) is 118 cm³/mol. The summed E-state index contributed by atoms with van der Waals surface area (Å²) in [6.45, 7) is 4.22. The summed E-state index contributed by atoms with van der Waals surface area (Å²) in [4.78, 5) is 33.8. The van der Waals surface area contributed by atoms with E-state index >= 15 is 0 Å². The SMILES string of the molecule is C[C@@H]1CN(C2CCCCC2)c2nc3c(c(=O)n(Cc4ccccc4)c(=O)n3C)n2C1. The van der Waals surface area contributed by atoms with Crippen LogP contribution in [-0.4, -0.2) is 31.3 Å². The molecule has 0 radical (unpaired) electrons. The van der Waals surface area contributed by atoms with Crippen LogP contribution in [0.5, 0.6) is 0 Å². The topological polar surface area (TPSA) is 65.1 Å². The molecule has 30 heavy (non-hydrogen) atoms. The molecule has 2 aliphatic rings. The molecule has 0 amide bonds. The van der Waals surface area contributed by atoms with Crippen LogP contribution in [0, 0.1) is 5.92 Å². The molecule has 2 aromatic heterocycles. The summed E-state index contributed by atoms with van der Waals surface area (Å²) in [5, 5.41) is 0. The molecular formula is C23H29N5O2. The van der Waals surface area contributed by atoms with Crippen molar-refractivity contribution < 1.29 is 0 Å². The number of imidazole rings is 1.